The number of nitrogens with one attached hydrogen (secondary N) is 1. The van der Waals surface area contributed by atoms with Crippen LogP contribution in [-0.4, -0.2) is 42.0 Å². The highest BCUT2D eigenvalue weighted by atomic mass is 16.5. The van der Waals surface area contributed by atoms with Gasteiger partial charge in [-0.3, -0.25) is 0 Å². The molecule has 0 radical (unpaired) electrons. The normalized spacial score (nSPS) is 20.2. The highest BCUT2D eigenvalue weighted by molar-refractivity contribution is 5.27. The topological polar surface area (TPSA) is 61.7 Å². The second-order valence-corrected chi connectivity index (χ2v) is 4.09. The van der Waals surface area contributed by atoms with E-state index in [0.717, 1.165) is 5.56 Å². The van der Waals surface area contributed by atoms with Crippen LogP contribution in [0.2, 0.25) is 0 Å². The Bertz CT molecular complexity index is 506. The largest absolute Gasteiger partial charge is 0.491 e. The molecule has 0 amide bonds. The molecule has 1 aromatic rings. The Balaban J connectivity index is 2.95. The summed E-state index contributed by atoms with van der Waals surface area (Å²) in [6.45, 7) is -2.53. The lowest BCUT2D eigenvalue weighted by Crippen LogP contribution is -2.35. The highest BCUT2D eigenvalue weighted by Gasteiger charge is 2.05. The molecular weight excluding hydrogens is 230 g/mol. The highest BCUT2D eigenvalue weighted by Crippen LogP contribution is 2.12. The van der Waals surface area contributed by atoms with Gasteiger partial charge in [0, 0.05) is 21.9 Å². The summed E-state index contributed by atoms with van der Waals surface area (Å²) in [5.41, 5.74) is 0.818. The molecule has 18 heavy (non-hydrogen) atoms. The third-order valence-electron chi connectivity index (χ3n) is 2.07. The van der Waals surface area contributed by atoms with Crippen molar-refractivity contribution >= 4 is 0 Å². The molecule has 0 aromatic heterocycles. The van der Waals surface area contributed by atoms with Crippen LogP contribution in [0.4, 0.5) is 0 Å². The summed E-state index contributed by atoms with van der Waals surface area (Å²) in [5, 5.41) is 21.3. The summed E-state index contributed by atoms with van der Waals surface area (Å²) in [7, 11) is 0. The van der Waals surface area contributed by atoms with Gasteiger partial charge in [-0.2, -0.15) is 0 Å². The van der Waals surface area contributed by atoms with E-state index < -0.39 is 25.2 Å². The summed E-state index contributed by atoms with van der Waals surface area (Å²) in [6, 6.07) is 5.70. The number of hydrogen-bond acceptors (Lipinski definition) is 4. The van der Waals surface area contributed by atoms with E-state index >= 15 is 0 Å². The SMILES string of the molecule is [2H]C([2H])(NC(C)C)C([2H])(O)C([2H])([2H])Oc1ccc(CCO)cc1. The minimum absolute atomic E-state index is 0.0193. The molecule has 0 bridgehead atoms. The van der Waals surface area contributed by atoms with Crippen molar-refractivity contribution in [2.24, 2.45) is 0 Å². The fourth-order valence-electron chi connectivity index (χ4n) is 1.20. The molecule has 0 saturated heterocycles. The molecule has 1 atom stereocenters. The van der Waals surface area contributed by atoms with Crippen molar-refractivity contribution in [2.75, 3.05) is 19.7 Å². The molecule has 1 rings (SSSR count). The van der Waals surface area contributed by atoms with Gasteiger partial charge in [-0.15, -0.1) is 0 Å². The summed E-state index contributed by atoms with van der Waals surface area (Å²) in [5.74, 6) is 0.0442. The van der Waals surface area contributed by atoms with E-state index in [1.165, 1.54) is 12.1 Å². The van der Waals surface area contributed by atoms with Gasteiger partial charge < -0.3 is 20.3 Å². The first-order valence-electron chi connectivity index (χ1n) is 8.32. The lowest BCUT2D eigenvalue weighted by Gasteiger charge is -2.15. The maximum absolute atomic E-state index is 10.1. The van der Waals surface area contributed by atoms with Gasteiger partial charge >= 0.3 is 0 Å². The Morgan fingerprint density at radius 1 is 1.39 bits per heavy atom. The molecule has 0 aliphatic carbocycles. The molecule has 0 fully saturated rings. The van der Waals surface area contributed by atoms with Gasteiger partial charge in [-0.25, -0.2) is 0 Å². The van der Waals surface area contributed by atoms with Crippen LogP contribution >= 0.6 is 0 Å². The Hall–Kier alpha value is -1.10. The van der Waals surface area contributed by atoms with E-state index in [-0.39, 0.29) is 12.4 Å². The fourth-order valence-corrected chi connectivity index (χ4v) is 1.20. The van der Waals surface area contributed by atoms with Crippen LogP contribution < -0.4 is 10.1 Å². The van der Waals surface area contributed by atoms with Crippen molar-refractivity contribution in [3.63, 3.8) is 0 Å². The van der Waals surface area contributed by atoms with Crippen molar-refractivity contribution in [1.82, 2.24) is 5.32 Å². The van der Waals surface area contributed by atoms with Gasteiger partial charge in [0.2, 0.25) is 0 Å². The van der Waals surface area contributed by atoms with Crippen LogP contribution in [0.1, 0.15) is 26.3 Å². The number of aliphatic hydroxyl groups is 2. The van der Waals surface area contributed by atoms with Crippen molar-refractivity contribution < 1.29 is 21.8 Å². The Labute approximate surface area is 116 Å². The number of benzene rings is 1. The molecule has 3 N–H and O–H groups in total. The molecule has 0 aliphatic rings. The van der Waals surface area contributed by atoms with Crippen LogP contribution in [-0.2, 0) is 6.42 Å². The number of aliphatic hydroxyl groups excluding tert-OH is 1. The first kappa shape index (κ1) is 8.91. The lowest BCUT2D eigenvalue weighted by atomic mass is 10.1. The number of hydrogen-bond donors (Lipinski definition) is 3. The second-order valence-electron chi connectivity index (χ2n) is 4.09. The van der Waals surface area contributed by atoms with Crippen LogP contribution in [0.25, 0.3) is 0 Å². The lowest BCUT2D eigenvalue weighted by molar-refractivity contribution is 0.104. The Morgan fingerprint density at radius 3 is 2.61 bits per heavy atom. The predicted molar refractivity (Wildman–Crippen MR) is 71.9 cm³/mol. The average molecular weight is 258 g/mol. The molecule has 0 heterocycles. The molecule has 1 unspecified atom stereocenters. The summed E-state index contributed by atoms with van der Waals surface area (Å²) in [4.78, 5) is 0. The monoisotopic (exact) mass is 258 g/mol. The van der Waals surface area contributed by atoms with E-state index in [2.05, 4.69) is 5.32 Å². The predicted octanol–water partition coefficient (Wildman–Crippen LogP) is 0.959. The molecule has 1 aromatic carbocycles. The first-order valence-corrected chi connectivity index (χ1v) is 5.82. The fraction of sp³-hybridized carbons (Fsp3) is 0.571. The zero-order valence-electron chi connectivity index (χ0n) is 15.6. The Kier molecular flexibility index (Phi) is 4.00. The van der Waals surface area contributed by atoms with Gasteiger partial charge in [0.05, 0.1) is 4.11 Å². The minimum atomic E-state index is -3.19. The summed E-state index contributed by atoms with van der Waals surface area (Å²) < 4.78 is 43.8. The molecule has 0 saturated carbocycles. The molecule has 4 nitrogen and oxygen atoms in total. The third-order valence-corrected chi connectivity index (χ3v) is 2.07. The summed E-state index contributed by atoms with van der Waals surface area (Å²) >= 11 is 0. The zero-order valence-corrected chi connectivity index (χ0v) is 10.6. The smallest absolute Gasteiger partial charge is 0.119 e. The molecule has 0 spiro atoms. The van der Waals surface area contributed by atoms with Crippen LogP contribution in [0.5, 0.6) is 5.75 Å². The van der Waals surface area contributed by atoms with E-state index in [1.54, 1.807) is 26.0 Å². The van der Waals surface area contributed by atoms with Crippen molar-refractivity contribution in [1.29, 1.82) is 0 Å². The van der Waals surface area contributed by atoms with E-state index in [0.29, 0.717) is 6.42 Å². The van der Waals surface area contributed by atoms with E-state index in [4.69, 9.17) is 16.7 Å². The maximum atomic E-state index is 10.1. The van der Waals surface area contributed by atoms with Gasteiger partial charge in [-0.05, 0) is 24.1 Å². The van der Waals surface area contributed by atoms with Gasteiger partial charge in [0.1, 0.15) is 18.4 Å². The van der Waals surface area contributed by atoms with Crippen LogP contribution in [0, 0.1) is 0 Å². The van der Waals surface area contributed by atoms with Crippen molar-refractivity contribution in [3.05, 3.63) is 29.8 Å². The minimum Gasteiger partial charge on any atom is -0.491 e. The van der Waals surface area contributed by atoms with Crippen LogP contribution in [0.3, 0.4) is 0 Å². The van der Waals surface area contributed by atoms with E-state index in [1.807, 2.05) is 0 Å². The first-order chi connectivity index (χ1) is 10.4. The third kappa shape index (κ3) is 6.00. The molecule has 4 heteroatoms. The number of rotatable bonds is 8. The number of ether oxygens (including phenoxy) is 1. The quantitative estimate of drug-likeness (QED) is 0.650. The maximum Gasteiger partial charge on any atom is 0.119 e. The van der Waals surface area contributed by atoms with Gasteiger partial charge in [0.25, 0.3) is 0 Å². The standard InChI is InChI=1S/C14H23NO3/c1-11(2)15-9-13(17)10-18-14-5-3-12(4-6-14)7-8-16/h3-6,11,13,15-17H,7-10H2,1-2H3/i9D2,10D2,13D. The summed E-state index contributed by atoms with van der Waals surface area (Å²) in [6.07, 6.45) is -2.75. The van der Waals surface area contributed by atoms with Crippen molar-refractivity contribution in [3.8, 4) is 5.75 Å². The second kappa shape index (κ2) is 8.08. The molecule has 102 valence electrons. The van der Waals surface area contributed by atoms with Crippen LogP contribution in [0.15, 0.2) is 24.3 Å². The zero-order chi connectivity index (χ0) is 17.9. The molecule has 0 aliphatic heterocycles. The molecular formula is C14H23NO3. The van der Waals surface area contributed by atoms with Gasteiger partial charge in [-0.1, -0.05) is 26.0 Å². The average Bonchev–Trinajstić information content (AvgIpc) is 2.39. The van der Waals surface area contributed by atoms with Gasteiger partial charge in [0.15, 0.2) is 0 Å². The Morgan fingerprint density at radius 2 is 2.06 bits per heavy atom. The van der Waals surface area contributed by atoms with Crippen molar-refractivity contribution in [2.45, 2.75) is 32.4 Å². The van der Waals surface area contributed by atoms with E-state index in [9.17, 15) is 5.11 Å².